The van der Waals surface area contributed by atoms with Gasteiger partial charge in [-0.3, -0.25) is 14.9 Å². The fourth-order valence-corrected chi connectivity index (χ4v) is 1.44. The van der Waals surface area contributed by atoms with Crippen molar-refractivity contribution < 1.29 is 19.2 Å². The number of nitro benzene ring substituents is 1. The molecule has 0 aliphatic rings. The summed E-state index contributed by atoms with van der Waals surface area (Å²) in [6.45, 7) is 3.10. The lowest BCUT2D eigenvalue weighted by atomic mass is 10.2. The van der Waals surface area contributed by atoms with Gasteiger partial charge in [0.05, 0.1) is 4.92 Å². The molecule has 0 aliphatic heterocycles. The lowest BCUT2D eigenvalue weighted by molar-refractivity contribution is -0.385. The smallest absolute Gasteiger partial charge is 0.345 e. The predicted octanol–water partition coefficient (Wildman–Crippen LogP) is 1.71. The number of hydrogen-bond acceptors (Lipinski definition) is 5. The standard InChI is InChI=1S/C12H11ClN2O5/c1-2-5-14-11(16)7-20-12(17)9-4-3-8(13)6-10(9)15(18)19/h2-4,6H,1,5,7H2,(H,14,16). The Morgan fingerprint density at radius 3 is 2.80 bits per heavy atom. The third-order valence-corrected chi connectivity index (χ3v) is 2.39. The predicted molar refractivity (Wildman–Crippen MR) is 71.6 cm³/mol. The summed E-state index contributed by atoms with van der Waals surface area (Å²) in [5, 5.41) is 13.3. The van der Waals surface area contributed by atoms with Crippen LogP contribution >= 0.6 is 11.6 Å². The minimum absolute atomic E-state index is 0.122. The van der Waals surface area contributed by atoms with E-state index in [1.165, 1.54) is 18.2 Å². The van der Waals surface area contributed by atoms with Crippen LogP contribution in [0.3, 0.4) is 0 Å². The number of carbonyl (C=O) groups excluding carboxylic acids is 2. The summed E-state index contributed by atoms with van der Waals surface area (Å²) in [5.41, 5.74) is -0.745. The van der Waals surface area contributed by atoms with Crippen molar-refractivity contribution in [3.8, 4) is 0 Å². The van der Waals surface area contributed by atoms with Gasteiger partial charge in [0, 0.05) is 17.6 Å². The quantitative estimate of drug-likeness (QED) is 0.373. The second-order valence-electron chi connectivity index (χ2n) is 3.59. The average molecular weight is 299 g/mol. The van der Waals surface area contributed by atoms with Crippen molar-refractivity contribution >= 4 is 29.2 Å². The summed E-state index contributed by atoms with van der Waals surface area (Å²) < 4.78 is 4.68. The molecule has 0 saturated heterocycles. The Morgan fingerprint density at radius 2 is 2.20 bits per heavy atom. The van der Waals surface area contributed by atoms with Crippen LogP contribution in [0, 0.1) is 10.1 Å². The van der Waals surface area contributed by atoms with E-state index in [0.29, 0.717) is 0 Å². The molecule has 0 aliphatic carbocycles. The van der Waals surface area contributed by atoms with Crippen LogP contribution in [0.1, 0.15) is 10.4 Å². The van der Waals surface area contributed by atoms with E-state index in [2.05, 4.69) is 16.6 Å². The lowest BCUT2D eigenvalue weighted by Crippen LogP contribution is -2.28. The molecule has 7 nitrogen and oxygen atoms in total. The summed E-state index contributed by atoms with van der Waals surface area (Å²) in [6, 6.07) is 3.53. The first-order valence-electron chi connectivity index (χ1n) is 5.44. The first-order valence-corrected chi connectivity index (χ1v) is 5.82. The van der Waals surface area contributed by atoms with Crippen LogP contribution in [0.25, 0.3) is 0 Å². The number of carbonyl (C=O) groups is 2. The maximum absolute atomic E-state index is 11.7. The molecule has 0 fully saturated rings. The van der Waals surface area contributed by atoms with E-state index in [4.69, 9.17) is 11.6 Å². The van der Waals surface area contributed by atoms with Crippen molar-refractivity contribution in [2.24, 2.45) is 0 Å². The normalized spacial score (nSPS) is 9.65. The molecule has 0 radical (unpaired) electrons. The maximum atomic E-state index is 11.7. The molecule has 0 atom stereocenters. The van der Waals surface area contributed by atoms with Crippen LogP contribution in [-0.4, -0.2) is 30.0 Å². The van der Waals surface area contributed by atoms with E-state index in [9.17, 15) is 19.7 Å². The van der Waals surface area contributed by atoms with Gasteiger partial charge in [-0.05, 0) is 12.1 Å². The van der Waals surface area contributed by atoms with Gasteiger partial charge in [0.25, 0.3) is 11.6 Å². The highest BCUT2D eigenvalue weighted by Crippen LogP contribution is 2.23. The molecule has 0 saturated carbocycles. The molecule has 0 bridgehead atoms. The number of nitrogens with one attached hydrogen (secondary N) is 1. The number of amides is 1. The number of ether oxygens (including phenoxy) is 1. The summed E-state index contributed by atoms with van der Waals surface area (Å²) in [7, 11) is 0. The molecule has 1 aromatic carbocycles. The second-order valence-corrected chi connectivity index (χ2v) is 4.02. The van der Waals surface area contributed by atoms with Crippen LogP contribution in [-0.2, 0) is 9.53 Å². The molecule has 0 aromatic heterocycles. The Bertz CT molecular complexity index is 559. The van der Waals surface area contributed by atoms with Gasteiger partial charge in [-0.1, -0.05) is 17.7 Å². The van der Waals surface area contributed by atoms with E-state index in [1.807, 2.05) is 0 Å². The molecule has 1 rings (SSSR count). The molecule has 0 unspecified atom stereocenters. The van der Waals surface area contributed by atoms with E-state index >= 15 is 0 Å². The number of benzene rings is 1. The molecular formula is C12H11ClN2O5. The lowest BCUT2D eigenvalue weighted by Gasteiger charge is -2.05. The van der Waals surface area contributed by atoms with Crippen molar-refractivity contribution in [3.05, 3.63) is 51.6 Å². The average Bonchev–Trinajstić information content (AvgIpc) is 2.42. The van der Waals surface area contributed by atoms with Gasteiger partial charge < -0.3 is 10.1 Å². The summed E-state index contributed by atoms with van der Waals surface area (Å²) in [5.74, 6) is -1.50. The van der Waals surface area contributed by atoms with Gasteiger partial charge in [0.1, 0.15) is 5.56 Å². The summed E-state index contributed by atoms with van der Waals surface area (Å²) >= 11 is 5.62. The first kappa shape index (κ1) is 15.6. The number of nitrogens with zero attached hydrogens (tertiary/aromatic N) is 1. The highest BCUT2D eigenvalue weighted by Gasteiger charge is 2.22. The Balaban J connectivity index is 2.75. The zero-order valence-corrected chi connectivity index (χ0v) is 11.1. The van der Waals surface area contributed by atoms with Crippen LogP contribution < -0.4 is 5.32 Å². The number of hydrogen-bond donors (Lipinski definition) is 1. The summed E-state index contributed by atoms with van der Waals surface area (Å²) in [6.07, 6.45) is 1.46. The van der Waals surface area contributed by atoms with Crippen molar-refractivity contribution in [2.45, 2.75) is 0 Å². The molecular weight excluding hydrogens is 288 g/mol. The zero-order chi connectivity index (χ0) is 15.1. The molecule has 1 N–H and O–H groups in total. The minimum Gasteiger partial charge on any atom is -0.452 e. The Labute approximate surface area is 119 Å². The largest absolute Gasteiger partial charge is 0.452 e. The van der Waals surface area contributed by atoms with Gasteiger partial charge >= 0.3 is 5.97 Å². The highest BCUT2D eigenvalue weighted by atomic mass is 35.5. The van der Waals surface area contributed by atoms with Crippen LogP contribution in [0.2, 0.25) is 5.02 Å². The SMILES string of the molecule is C=CCNC(=O)COC(=O)c1ccc(Cl)cc1[N+](=O)[O-]. The van der Waals surface area contributed by atoms with Gasteiger partial charge in [0.15, 0.2) is 6.61 Å². The Hall–Kier alpha value is -2.41. The van der Waals surface area contributed by atoms with Crippen LogP contribution in [0.4, 0.5) is 5.69 Å². The van der Waals surface area contributed by atoms with Crippen molar-refractivity contribution in [2.75, 3.05) is 13.2 Å². The van der Waals surface area contributed by atoms with Crippen molar-refractivity contribution in [3.63, 3.8) is 0 Å². The van der Waals surface area contributed by atoms with Gasteiger partial charge in [0.2, 0.25) is 0 Å². The Morgan fingerprint density at radius 1 is 1.50 bits per heavy atom. The monoisotopic (exact) mass is 298 g/mol. The number of esters is 1. The second kappa shape index (κ2) is 7.25. The van der Waals surface area contributed by atoms with Gasteiger partial charge in [-0.15, -0.1) is 6.58 Å². The van der Waals surface area contributed by atoms with Crippen LogP contribution in [0.5, 0.6) is 0 Å². The molecule has 106 valence electrons. The Kier molecular flexibility index (Phi) is 5.67. The highest BCUT2D eigenvalue weighted by molar-refractivity contribution is 6.31. The number of rotatable bonds is 6. The third kappa shape index (κ3) is 4.36. The number of halogens is 1. The molecule has 1 amide bonds. The molecule has 20 heavy (non-hydrogen) atoms. The fraction of sp³-hybridized carbons (Fsp3) is 0.167. The van der Waals surface area contributed by atoms with Crippen molar-refractivity contribution in [1.29, 1.82) is 0 Å². The third-order valence-electron chi connectivity index (χ3n) is 2.15. The maximum Gasteiger partial charge on any atom is 0.345 e. The van der Waals surface area contributed by atoms with E-state index in [0.717, 1.165) is 6.07 Å². The number of nitro groups is 1. The minimum atomic E-state index is -0.970. The van der Waals surface area contributed by atoms with Crippen molar-refractivity contribution in [1.82, 2.24) is 5.32 Å². The van der Waals surface area contributed by atoms with Crippen LogP contribution in [0.15, 0.2) is 30.9 Å². The zero-order valence-electron chi connectivity index (χ0n) is 10.3. The molecule has 0 heterocycles. The topological polar surface area (TPSA) is 98.5 Å². The van der Waals surface area contributed by atoms with Gasteiger partial charge in [-0.2, -0.15) is 0 Å². The molecule has 1 aromatic rings. The van der Waals surface area contributed by atoms with E-state index in [1.54, 1.807) is 0 Å². The summed E-state index contributed by atoms with van der Waals surface area (Å²) in [4.78, 5) is 33.0. The molecule has 0 spiro atoms. The van der Waals surface area contributed by atoms with E-state index < -0.39 is 29.1 Å². The first-order chi connectivity index (χ1) is 9.45. The molecule has 8 heteroatoms. The van der Waals surface area contributed by atoms with E-state index in [-0.39, 0.29) is 17.1 Å². The van der Waals surface area contributed by atoms with Gasteiger partial charge in [-0.25, -0.2) is 4.79 Å². The fourth-order valence-electron chi connectivity index (χ4n) is 1.27.